The largest absolute Gasteiger partial charge is 0.491 e. The molecule has 1 aliphatic heterocycles. The molecule has 0 bridgehead atoms. The number of thioether (sulfide) groups is 1. The molecule has 8 nitrogen and oxygen atoms in total. The summed E-state index contributed by atoms with van der Waals surface area (Å²) in [4.78, 5) is 17.1. The minimum absolute atomic E-state index is 0.0640. The molecule has 0 saturated heterocycles. The van der Waals surface area contributed by atoms with Crippen LogP contribution in [0.1, 0.15) is 64.6 Å². The second-order valence-corrected chi connectivity index (χ2v) is 13.7. The fraction of sp³-hybridized carbons (Fsp3) is 0.410. The van der Waals surface area contributed by atoms with Gasteiger partial charge in [-0.2, -0.15) is 0 Å². The molecule has 9 heteroatoms. The normalized spacial score (nSPS) is 12.9. The minimum Gasteiger partial charge on any atom is -0.491 e. The topological polar surface area (TPSA) is 81.5 Å². The summed E-state index contributed by atoms with van der Waals surface area (Å²) in [5, 5.41) is 11.6. The Kier molecular flexibility index (Phi) is 13.1. The van der Waals surface area contributed by atoms with Crippen molar-refractivity contribution in [2.24, 2.45) is 5.92 Å². The summed E-state index contributed by atoms with van der Waals surface area (Å²) in [6.07, 6.45) is 7.99. The molecule has 4 aromatic rings. The monoisotopic (exact) mass is 667 g/mol. The van der Waals surface area contributed by atoms with Crippen LogP contribution in [0.25, 0.3) is 17.2 Å². The molecule has 1 aliphatic rings. The molecule has 0 fully saturated rings. The lowest BCUT2D eigenvalue weighted by atomic mass is 10.00. The van der Waals surface area contributed by atoms with Gasteiger partial charge >= 0.3 is 0 Å². The van der Waals surface area contributed by atoms with Crippen molar-refractivity contribution < 1.29 is 14.3 Å². The van der Waals surface area contributed by atoms with E-state index in [1.54, 1.807) is 11.8 Å². The van der Waals surface area contributed by atoms with Crippen molar-refractivity contribution in [1.29, 1.82) is 0 Å². The first-order valence-corrected chi connectivity index (χ1v) is 18.2. The van der Waals surface area contributed by atoms with Crippen LogP contribution in [0.4, 0.5) is 11.4 Å². The SMILES string of the molecule is CCCCOCCOc1ccc(-c2ccc3c(c2)C=C(C(=O)Nc2ccc(SCc4cn(CCC)nn4)cc2)CCN3CC(C)C)cc1. The first-order valence-electron chi connectivity index (χ1n) is 17.3. The molecule has 1 aromatic heterocycles. The molecular formula is C39H49N5O3S. The van der Waals surface area contributed by atoms with Crippen LogP contribution in [0.5, 0.6) is 5.75 Å². The summed E-state index contributed by atoms with van der Waals surface area (Å²) in [7, 11) is 0. The molecule has 0 radical (unpaired) electrons. The zero-order valence-electron chi connectivity index (χ0n) is 28.8. The van der Waals surface area contributed by atoms with Crippen LogP contribution in [0.2, 0.25) is 0 Å². The van der Waals surface area contributed by atoms with Crippen molar-refractivity contribution in [1.82, 2.24) is 15.0 Å². The maximum Gasteiger partial charge on any atom is 0.251 e. The molecule has 5 rings (SSSR count). The maximum atomic E-state index is 13.6. The van der Waals surface area contributed by atoms with E-state index < -0.39 is 0 Å². The van der Waals surface area contributed by atoms with Crippen molar-refractivity contribution >= 4 is 35.1 Å². The number of carbonyl (C=O) groups excluding carboxylic acids is 1. The summed E-state index contributed by atoms with van der Waals surface area (Å²) in [6, 6.07) is 22.8. The molecule has 0 unspecified atom stereocenters. The fourth-order valence-corrected chi connectivity index (χ4v) is 6.41. The van der Waals surface area contributed by atoms with E-state index in [1.165, 1.54) is 0 Å². The Morgan fingerprint density at radius 2 is 1.75 bits per heavy atom. The highest BCUT2D eigenvalue weighted by Crippen LogP contribution is 2.34. The van der Waals surface area contributed by atoms with Gasteiger partial charge < -0.3 is 19.7 Å². The number of unbranched alkanes of at least 4 members (excludes halogenated alkanes) is 1. The third kappa shape index (κ3) is 10.2. The van der Waals surface area contributed by atoms with E-state index in [2.05, 4.69) is 84.6 Å². The number of aromatic nitrogens is 3. The summed E-state index contributed by atoms with van der Waals surface area (Å²) in [5.74, 6) is 2.02. The van der Waals surface area contributed by atoms with Crippen molar-refractivity contribution in [2.45, 2.75) is 70.6 Å². The Bertz CT molecular complexity index is 1630. The second-order valence-electron chi connectivity index (χ2n) is 12.6. The van der Waals surface area contributed by atoms with Gasteiger partial charge in [0.1, 0.15) is 12.4 Å². The summed E-state index contributed by atoms with van der Waals surface area (Å²) < 4.78 is 13.4. The predicted octanol–water partition coefficient (Wildman–Crippen LogP) is 8.73. The number of amides is 1. The van der Waals surface area contributed by atoms with Gasteiger partial charge in [-0.1, -0.05) is 57.5 Å². The van der Waals surface area contributed by atoms with E-state index in [1.807, 2.05) is 47.3 Å². The minimum atomic E-state index is -0.0640. The molecule has 2 heterocycles. The van der Waals surface area contributed by atoms with Crippen LogP contribution in [-0.4, -0.2) is 53.8 Å². The molecule has 0 saturated carbocycles. The van der Waals surface area contributed by atoms with Gasteiger partial charge in [-0.3, -0.25) is 9.48 Å². The number of carbonyl (C=O) groups is 1. The molecule has 0 spiro atoms. The van der Waals surface area contributed by atoms with E-state index >= 15 is 0 Å². The third-order valence-corrected chi connectivity index (χ3v) is 9.14. The Hall–Kier alpha value is -4.08. The van der Waals surface area contributed by atoms with Crippen LogP contribution in [0.3, 0.4) is 0 Å². The van der Waals surface area contributed by atoms with Crippen molar-refractivity contribution in [3.63, 3.8) is 0 Å². The highest BCUT2D eigenvalue weighted by Gasteiger charge is 2.21. The number of nitrogens with one attached hydrogen (secondary N) is 1. The van der Waals surface area contributed by atoms with Gasteiger partial charge in [0.2, 0.25) is 0 Å². The van der Waals surface area contributed by atoms with Crippen molar-refractivity contribution in [2.75, 3.05) is 43.1 Å². The Morgan fingerprint density at radius 3 is 2.50 bits per heavy atom. The van der Waals surface area contributed by atoms with Crippen molar-refractivity contribution in [3.8, 4) is 16.9 Å². The smallest absolute Gasteiger partial charge is 0.251 e. The van der Waals surface area contributed by atoms with Gasteiger partial charge in [-0.15, -0.1) is 16.9 Å². The van der Waals surface area contributed by atoms with Gasteiger partial charge in [-0.25, -0.2) is 0 Å². The third-order valence-electron chi connectivity index (χ3n) is 8.09. The lowest BCUT2D eigenvalue weighted by molar-refractivity contribution is -0.112. The van der Waals surface area contributed by atoms with E-state index in [0.29, 0.717) is 25.6 Å². The molecule has 48 heavy (non-hydrogen) atoms. The molecule has 0 aliphatic carbocycles. The Labute approximate surface area is 289 Å². The fourth-order valence-electron chi connectivity index (χ4n) is 5.64. The number of anilines is 2. The highest BCUT2D eigenvalue weighted by atomic mass is 32.2. The zero-order valence-corrected chi connectivity index (χ0v) is 29.6. The van der Waals surface area contributed by atoms with Gasteiger partial charge in [0.15, 0.2) is 0 Å². The zero-order chi connectivity index (χ0) is 33.7. The molecule has 0 atom stereocenters. The van der Waals surface area contributed by atoms with Crippen LogP contribution in [0.15, 0.2) is 83.4 Å². The van der Waals surface area contributed by atoms with Crippen LogP contribution >= 0.6 is 11.8 Å². The van der Waals surface area contributed by atoms with E-state index in [9.17, 15) is 4.79 Å². The lowest BCUT2D eigenvalue weighted by Gasteiger charge is -2.27. The number of hydrogen-bond donors (Lipinski definition) is 1. The van der Waals surface area contributed by atoms with Gasteiger partial charge in [-0.05, 0) is 96.5 Å². The first-order chi connectivity index (χ1) is 23.4. The Morgan fingerprint density at radius 1 is 0.958 bits per heavy atom. The molecule has 3 aromatic carbocycles. The maximum absolute atomic E-state index is 13.6. The summed E-state index contributed by atoms with van der Waals surface area (Å²) in [6.45, 7) is 13.3. The van der Waals surface area contributed by atoms with Crippen LogP contribution in [0, 0.1) is 5.92 Å². The average Bonchev–Trinajstić information content (AvgIpc) is 3.46. The van der Waals surface area contributed by atoms with Crippen LogP contribution in [-0.2, 0) is 21.8 Å². The number of nitrogens with zero attached hydrogens (tertiary/aromatic N) is 4. The second kappa shape index (κ2) is 17.9. The van der Waals surface area contributed by atoms with E-state index in [-0.39, 0.29) is 5.91 Å². The molecule has 1 amide bonds. The molecule has 1 N–H and O–H groups in total. The Balaban J connectivity index is 1.25. The van der Waals surface area contributed by atoms with E-state index in [4.69, 9.17) is 9.47 Å². The van der Waals surface area contributed by atoms with Crippen molar-refractivity contribution in [3.05, 3.63) is 89.8 Å². The van der Waals surface area contributed by atoms with Gasteiger partial charge in [0, 0.05) is 60.0 Å². The summed E-state index contributed by atoms with van der Waals surface area (Å²) in [5.41, 5.74) is 6.95. The first kappa shape index (κ1) is 35.2. The molecule has 254 valence electrons. The van der Waals surface area contributed by atoms with Gasteiger partial charge in [0.05, 0.1) is 12.3 Å². The highest BCUT2D eigenvalue weighted by molar-refractivity contribution is 7.98. The standard InChI is InChI=1S/C39H49N5O3S/c1-5-7-21-46-22-23-47-36-13-8-30(9-14-36)31-10-17-38-33(24-31)25-32(18-20-43(38)26-29(3)4)39(45)40-34-11-15-37(16-12-34)48-28-35-27-44(19-6-2)42-41-35/h8-17,24-25,27,29H,5-7,18-23,26,28H2,1-4H3,(H,40,45). The van der Waals surface area contributed by atoms with Crippen LogP contribution < -0.4 is 15.0 Å². The number of hydrogen-bond acceptors (Lipinski definition) is 7. The van der Waals surface area contributed by atoms with E-state index in [0.717, 1.165) is 101 Å². The summed E-state index contributed by atoms with van der Waals surface area (Å²) >= 11 is 1.71. The quantitative estimate of drug-likeness (QED) is 0.0891. The predicted molar refractivity (Wildman–Crippen MR) is 198 cm³/mol. The number of benzene rings is 3. The van der Waals surface area contributed by atoms with Gasteiger partial charge in [0.25, 0.3) is 5.91 Å². The average molecular weight is 668 g/mol. The lowest BCUT2D eigenvalue weighted by Crippen LogP contribution is -2.29. The molecular weight excluding hydrogens is 619 g/mol. The number of rotatable bonds is 17. The number of ether oxygens (including phenoxy) is 2. The number of aryl methyl sites for hydroxylation is 1. The number of fused-ring (bicyclic) bond motifs is 1.